The van der Waals surface area contributed by atoms with E-state index in [1.165, 1.54) is 6.20 Å². The molecule has 2 heterocycles. The monoisotopic (exact) mass is 341 g/mol. The van der Waals surface area contributed by atoms with Crippen molar-refractivity contribution in [3.05, 3.63) is 75.4 Å². The number of pyridine rings is 1. The van der Waals surface area contributed by atoms with Crippen LogP contribution in [-0.2, 0) is 0 Å². The first-order chi connectivity index (χ1) is 11.5. The van der Waals surface area contributed by atoms with Crippen molar-refractivity contribution >= 4 is 34.2 Å². The van der Waals surface area contributed by atoms with E-state index in [4.69, 9.17) is 16.0 Å². The summed E-state index contributed by atoms with van der Waals surface area (Å²) in [5.74, 6) is -0.421. The summed E-state index contributed by atoms with van der Waals surface area (Å²) in [7, 11) is 0. The van der Waals surface area contributed by atoms with Crippen molar-refractivity contribution < 1.29 is 9.21 Å². The summed E-state index contributed by atoms with van der Waals surface area (Å²) >= 11 is 5.95. The van der Waals surface area contributed by atoms with E-state index in [9.17, 15) is 9.59 Å². The molecule has 0 spiro atoms. The number of aromatic nitrogens is 1. The van der Waals surface area contributed by atoms with Gasteiger partial charge in [0.15, 0.2) is 0 Å². The molecule has 6 nitrogen and oxygen atoms in total. The van der Waals surface area contributed by atoms with Crippen LogP contribution in [0.15, 0.2) is 63.1 Å². The predicted molar refractivity (Wildman–Crippen MR) is 91.4 cm³/mol. The average Bonchev–Trinajstić information content (AvgIpc) is 2.60. The third kappa shape index (κ3) is 3.33. The van der Waals surface area contributed by atoms with E-state index in [1.54, 1.807) is 49.5 Å². The fraction of sp³-hybridized carbons (Fsp3) is 0.0588. The zero-order valence-electron chi connectivity index (χ0n) is 12.6. The van der Waals surface area contributed by atoms with Crippen LogP contribution in [0.4, 0.5) is 0 Å². The van der Waals surface area contributed by atoms with E-state index in [-0.39, 0.29) is 5.56 Å². The van der Waals surface area contributed by atoms with Crippen molar-refractivity contribution in [1.82, 2.24) is 10.4 Å². The van der Waals surface area contributed by atoms with Gasteiger partial charge in [-0.2, -0.15) is 5.10 Å². The highest BCUT2D eigenvalue weighted by atomic mass is 35.5. The molecule has 0 radical (unpaired) electrons. The lowest BCUT2D eigenvalue weighted by molar-refractivity contribution is 0.0954. The number of fused-ring (bicyclic) bond motifs is 1. The van der Waals surface area contributed by atoms with Crippen LogP contribution in [0.5, 0.6) is 0 Å². The molecule has 0 saturated heterocycles. The maximum Gasteiger partial charge on any atom is 0.345 e. The molecule has 2 aromatic heterocycles. The molecule has 0 bridgehead atoms. The lowest BCUT2D eigenvalue weighted by atomic mass is 10.1. The first-order valence-electron chi connectivity index (χ1n) is 7.03. The van der Waals surface area contributed by atoms with Gasteiger partial charge in [-0.3, -0.25) is 9.78 Å². The van der Waals surface area contributed by atoms with Gasteiger partial charge >= 0.3 is 5.63 Å². The molecule has 24 heavy (non-hydrogen) atoms. The first-order valence-corrected chi connectivity index (χ1v) is 7.41. The fourth-order valence-corrected chi connectivity index (χ4v) is 2.28. The van der Waals surface area contributed by atoms with Crippen LogP contribution >= 0.6 is 11.6 Å². The minimum absolute atomic E-state index is 0.247. The summed E-state index contributed by atoms with van der Waals surface area (Å²) < 4.78 is 5.24. The van der Waals surface area contributed by atoms with Gasteiger partial charge in [-0.05, 0) is 43.3 Å². The van der Waals surface area contributed by atoms with Crippen LogP contribution in [0.3, 0.4) is 0 Å². The van der Waals surface area contributed by atoms with Crippen molar-refractivity contribution in [3.63, 3.8) is 0 Å². The normalized spacial score (nSPS) is 11.5. The third-order valence-electron chi connectivity index (χ3n) is 3.33. The Hall–Kier alpha value is -2.99. The van der Waals surface area contributed by atoms with Crippen molar-refractivity contribution in [3.8, 4) is 0 Å². The smallest absolute Gasteiger partial charge is 0.345 e. The summed E-state index contributed by atoms with van der Waals surface area (Å²) in [5.41, 5.74) is 3.21. The van der Waals surface area contributed by atoms with Gasteiger partial charge in [0.25, 0.3) is 5.91 Å². The molecule has 0 unspecified atom stereocenters. The van der Waals surface area contributed by atoms with Gasteiger partial charge in [-0.1, -0.05) is 11.6 Å². The third-order valence-corrected chi connectivity index (χ3v) is 3.57. The lowest BCUT2D eigenvalue weighted by Crippen LogP contribution is -2.21. The molecular weight excluding hydrogens is 330 g/mol. The van der Waals surface area contributed by atoms with Gasteiger partial charge in [0.05, 0.1) is 16.8 Å². The second-order valence-corrected chi connectivity index (χ2v) is 5.45. The number of hydrogen-bond acceptors (Lipinski definition) is 5. The van der Waals surface area contributed by atoms with Crippen LogP contribution in [0.25, 0.3) is 11.0 Å². The lowest BCUT2D eigenvalue weighted by Gasteiger charge is -2.04. The maximum atomic E-state index is 12.1. The minimum atomic E-state index is -0.540. The minimum Gasteiger partial charge on any atom is -0.422 e. The Balaban J connectivity index is 1.90. The molecule has 1 amide bonds. The van der Waals surface area contributed by atoms with Crippen molar-refractivity contribution in [2.45, 2.75) is 6.92 Å². The second-order valence-electron chi connectivity index (χ2n) is 5.01. The Morgan fingerprint density at radius 3 is 2.88 bits per heavy atom. The van der Waals surface area contributed by atoms with Crippen LogP contribution in [0.1, 0.15) is 22.8 Å². The molecule has 0 atom stereocenters. The molecule has 0 aliphatic heterocycles. The number of carbonyl (C=O) groups is 1. The number of amides is 1. The van der Waals surface area contributed by atoms with E-state index >= 15 is 0 Å². The Kier molecular flexibility index (Phi) is 4.39. The molecular formula is C17H12ClN3O3. The van der Waals surface area contributed by atoms with E-state index < -0.39 is 11.5 Å². The fourth-order valence-electron chi connectivity index (χ4n) is 2.10. The predicted octanol–water partition coefficient (Wildman–Crippen LogP) is 3.00. The van der Waals surface area contributed by atoms with Crippen molar-refractivity contribution in [2.24, 2.45) is 5.10 Å². The second kappa shape index (κ2) is 6.64. The number of rotatable bonds is 3. The summed E-state index contributed by atoms with van der Waals surface area (Å²) in [6.45, 7) is 1.60. The molecule has 120 valence electrons. The number of nitrogens with zero attached hydrogens (tertiary/aromatic N) is 2. The van der Waals surface area contributed by atoms with Crippen LogP contribution < -0.4 is 11.1 Å². The molecule has 0 saturated carbocycles. The standard InChI is InChI=1S/C17H12ClN3O3/c1-10(20-21-16(22)11-3-2-6-19-9-11)14-8-12-7-13(18)4-5-15(12)24-17(14)23/h2-9H,1H3,(H,21,22)/b20-10-. The number of nitrogens with one attached hydrogen (secondary N) is 1. The average molecular weight is 342 g/mol. The van der Waals surface area contributed by atoms with E-state index in [0.29, 0.717) is 27.3 Å². The van der Waals surface area contributed by atoms with Gasteiger partial charge in [0, 0.05) is 22.8 Å². The summed E-state index contributed by atoms with van der Waals surface area (Å²) in [6, 6.07) is 9.83. The molecule has 1 N–H and O–H groups in total. The van der Waals surface area contributed by atoms with Crippen molar-refractivity contribution in [2.75, 3.05) is 0 Å². The Morgan fingerprint density at radius 2 is 2.12 bits per heavy atom. The number of hydrogen-bond donors (Lipinski definition) is 1. The molecule has 7 heteroatoms. The quantitative estimate of drug-likeness (QED) is 0.451. The molecule has 0 fully saturated rings. The topological polar surface area (TPSA) is 84.6 Å². The highest BCUT2D eigenvalue weighted by molar-refractivity contribution is 6.31. The maximum absolute atomic E-state index is 12.1. The number of halogens is 1. The highest BCUT2D eigenvalue weighted by Crippen LogP contribution is 2.19. The summed E-state index contributed by atoms with van der Waals surface area (Å²) in [4.78, 5) is 27.9. The summed E-state index contributed by atoms with van der Waals surface area (Å²) in [6.07, 6.45) is 2.99. The number of carbonyl (C=O) groups excluding carboxylic acids is 1. The van der Waals surface area contributed by atoms with Crippen LogP contribution in [0.2, 0.25) is 5.02 Å². The van der Waals surface area contributed by atoms with Gasteiger partial charge in [-0.15, -0.1) is 0 Å². The largest absolute Gasteiger partial charge is 0.422 e. The SMILES string of the molecule is C/C(=N/NC(=O)c1cccnc1)c1cc2cc(Cl)ccc2oc1=O. The van der Waals surface area contributed by atoms with E-state index in [1.807, 2.05) is 0 Å². The molecule has 0 aliphatic carbocycles. The van der Waals surface area contributed by atoms with E-state index in [2.05, 4.69) is 15.5 Å². The van der Waals surface area contributed by atoms with Gasteiger partial charge in [-0.25, -0.2) is 10.2 Å². The van der Waals surface area contributed by atoms with Crippen LogP contribution in [-0.4, -0.2) is 16.6 Å². The van der Waals surface area contributed by atoms with E-state index in [0.717, 1.165) is 0 Å². The van der Waals surface area contributed by atoms with Crippen molar-refractivity contribution in [1.29, 1.82) is 0 Å². The number of hydrazone groups is 1. The zero-order chi connectivity index (χ0) is 17.1. The molecule has 0 aliphatic rings. The van der Waals surface area contributed by atoms with Gasteiger partial charge in [0.1, 0.15) is 5.58 Å². The van der Waals surface area contributed by atoms with Crippen LogP contribution in [0, 0.1) is 0 Å². The van der Waals surface area contributed by atoms with Gasteiger partial charge < -0.3 is 4.42 Å². The van der Waals surface area contributed by atoms with Gasteiger partial charge in [0.2, 0.25) is 0 Å². The number of benzene rings is 1. The zero-order valence-corrected chi connectivity index (χ0v) is 13.4. The highest BCUT2D eigenvalue weighted by Gasteiger charge is 2.10. The summed E-state index contributed by atoms with van der Waals surface area (Å²) in [5, 5.41) is 5.16. The molecule has 3 rings (SSSR count). The Morgan fingerprint density at radius 1 is 1.29 bits per heavy atom. The molecule has 3 aromatic rings. The Labute approximate surface area is 141 Å². The molecule has 1 aromatic carbocycles. The first kappa shape index (κ1) is 15.9. The Bertz CT molecular complexity index is 997.